The van der Waals surface area contributed by atoms with E-state index in [1.165, 1.54) is 0 Å². The first kappa shape index (κ1) is 25.5. The molecule has 0 unspecified atom stereocenters. The van der Waals surface area contributed by atoms with E-state index >= 15 is 0 Å². The molecule has 0 amide bonds. The zero-order valence-electron chi connectivity index (χ0n) is 22.6. The number of aryl methyl sites for hydroxylation is 2. The Morgan fingerprint density at radius 3 is 2.77 bits per heavy atom. The van der Waals surface area contributed by atoms with Crippen LogP contribution in [0.15, 0.2) is 41.2 Å². The molecule has 0 bridgehead atoms. The molecule has 1 saturated heterocycles. The molecule has 2 aliphatic heterocycles. The number of aromatic amines is 1. The molecule has 0 aliphatic carbocycles. The zero-order valence-corrected chi connectivity index (χ0v) is 22.6. The lowest BCUT2D eigenvalue weighted by Crippen LogP contribution is -2.33. The first-order valence-electron chi connectivity index (χ1n) is 13.6. The van der Waals surface area contributed by atoms with Crippen molar-refractivity contribution >= 4 is 10.9 Å². The standard InChI is InChI=1S/C29H34N6O4/c1-4-24(28-31-32-33-35(28)16-22-6-5-11-37-22)34(14-20-9-10-25-26(12-20)39-17-38-25)15-21-13-23-18(2)7-8-19(3)27(23)30-29(21)36/h7-10,12-13,22,24H,4-6,11,14-17H2,1-3H3,(H,30,36)/t22-,24+/m1/s1. The lowest BCUT2D eigenvalue weighted by Gasteiger charge is -2.30. The average Bonchev–Trinajstić information content (AvgIpc) is 3.71. The summed E-state index contributed by atoms with van der Waals surface area (Å²) in [5.74, 6) is 2.26. The van der Waals surface area contributed by atoms with Gasteiger partial charge in [0, 0.05) is 30.6 Å². The molecule has 6 rings (SSSR count). The van der Waals surface area contributed by atoms with Crippen LogP contribution in [0.5, 0.6) is 11.5 Å². The zero-order chi connectivity index (χ0) is 26.9. The van der Waals surface area contributed by atoms with Gasteiger partial charge in [-0.2, -0.15) is 0 Å². The number of nitrogens with one attached hydrogen (secondary N) is 1. The van der Waals surface area contributed by atoms with Crippen molar-refractivity contribution in [3.63, 3.8) is 0 Å². The molecule has 2 atom stereocenters. The Balaban J connectivity index is 1.38. The number of nitrogens with zero attached hydrogens (tertiary/aromatic N) is 5. The lowest BCUT2D eigenvalue weighted by atomic mass is 10.0. The average molecular weight is 531 g/mol. The summed E-state index contributed by atoms with van der Waals surface area (Å²) in [4.78, 5) is 18.8. The Morgan fingerprint density at radius 2 is 1.95 bits per heavy atom. The molecule has 204 valence electrons. The number of hydrogen-bond acceptors (Lipinski definition) is 8. The number of rotatable bonds is 9. The normalized spacial score (nSPS) is 17.4. The van der Waals surface area contributed by atoms with Crippen molar-refractivity contribution in [2.24, 2.45) is 0 Å². The third kappa shape index (κ3) is 5.14. The number of ether oxygens (including phenoxy) is 3. The van der Waals surface area contributed by atoms with E-state index in [-0.39, 0.29) is 24.5 Å². The van der Waals surface area contributed by atoms with Crippen molar-refractivity contribution in [2.45, 2.75) is 71.8 Å². The van der Waals surface area contributed by atoms with Crippen LogP contribution < -0.4 is 15.0 Å². The number of aromatic nitrogens is 5. The molecule has 39 heavy (non-hydrogen) atoms. The van der Waals surface area contributed by atoms with Crippen molar-refractivity contribution in [3.05, 3.63) is 74.8 Å². The molecule has 0 radical (unpaired) electrons. The van der Waals surface area contributed by atoms with Crippen molar-refractivity contribution in [2.75, 3.05) is 13.4 Å². The van der Waals surface area contributed by atoms with E-state index in [1.54, 1.807) is 0 Å². The second-order valence-electron chi connectivity index (χ2n) is 10.5. The van der Waals surface area contributed by atoms with Crippen LogP contribution in [0.2, 0.25) is 0 Å². The number of fused-ring (bicyclic) bond motifs is 2. The number of hydrogen-bond donors (Lipinski definition) is 1. The maximum Gasteiger partial charge on any atom is 0.252 e. The maximum atomic E-state index is 13.4. The number of tetrazole rings is 1. The van der Waals surface area contributed by atoms with Crippen LogP contribution in [0.3, 0.4) is 0 Å². The van der Waals surface area contributed by atoms with Crippen LogP contribution in [0.1, 0.15) is 60.3 Å². The van der Waals surface area contributed by atoms with Gasteiger partial charge in [-0.25, -0.2) is 4.68 Å². The van der Waals surface area contributed by atoms with Crippen molar-refractivity contribution < 1.29 is 14.2 Å². The second-order valence-corrected chi connectivity index (χ2v) is 10.5. The molecular weight excluding hydrogens is 496 g/mol. The highest BCUT2D eigenvalue weighted by Crippen LogP contribution is 2.34. The van der Waals surface area contributed by atoms with Crippen LogP contribution in [0.4, 0.5) is 0 Å². The first-order chi connectivity index (χ1) is 19.0. The summed E-state index contributed by atoms with van der Waals surface area (Å²) in [5.41, 5.74) is 4.74. The summed E-state index contributed by atoms with van der Waals surface area (Å²) in [6.45, 7) is 8.84. The Kier molecular flexibility index (Phi) is 7.05. The minimum atomic E-state index is -0.125. The Bertz CT molecular complexity index is 1540. The van der Waals surface area contributed by atoms with E-state index in [9.17, 15) is 4.79 Å². The van der Waals surface area contributed by atoms with Gasteiger partial charge >= 0.3 is 0 Å². The quantitative estimate of drug-likeness (QED) is 0.343. The monoisotopic (exact) mass is 530 g/mol. The fourth-order valence-electron chi connectivity index (χ4n) is 5.67. The minimum absolute atomic E-state index is 0.0827. The van der Waals surface area contributed by atoms with E-state index in [0.29, 0.717) is 25.2 Å². The molecule has 1 N–H and O–H groups in total. The Morgan fingerprint density at radius 1 is 1.10 bits per heavy atom. The van der Waals surface area contributed by atoms with Gasteiger partial charge in [0.25, 0.3) is 5.56 Å². The smallest absolute Gasteiger partial charge is 0.252 e. The third-order valence-electron chi connectivity index (χ3n) is 7.80. The molecule has 4 heterocycles. The van der Waals surface area contributed by atoms with E-state index in [0.717, 1.165) is 70.8 Å². The van der Waals surface area contributed by atoms with Gasteiger partial charge in [0.2, 0.25) is 6.79 Å². The first-order valence-corrected chi connectivity index (χ1v) is 13.6. The Hall–Kier alpha value is -3.76. The highest BCUT2D eigenvalue weighted by atomic mass is 16.7. The highest BCUT2D eigenvalue weighted by Gasteiger charge is 2.28. The molecule has 2 aromatic heterocycles. The molecule has 2 aromatic carbocycles. The van der Waals surface area contributed by atoms with E-state index in [4.69, 9.17) is 14.2 Å². The van der Waals surface area contributed by atoms with Gasteiger partial charge in [0.15, 0.2) is 17.3 Å². The van der Waals surface area contributed by atoms with Crippen LogP contribution >= 0.6 is 0 Å². The summed E-state index contributed by atoms with van der Waals surface area (Å²) in [6, 6.07) is 12.0. The fourth-order valence-corrected chi connectivity index (χ4v) is 5.67. The van der Waals surface area contributed by atoms with E-state index < -0.39 is 0 Å². The summed E-state index contributed by atoms with van der Waals surface area (Å²) in [5, 5.41) is 13.9. The van der Waals surface area contributed by atoms with E-state index in [1.807, 2.05) is 41.9 Å². The number of pyridine rings is 1. The van der Waals surface area contributed by atoms with Crippen molar-refractivity contribution in [1.82, 2.24) is 30.1 Å². The van der Waals surface area contributed by atoms with E-state index in [2.05, 4.69) is 45.3 Å². The molecule has 0 saturated carbocycles. The van der Waals surface area contributed by atoms with Gasteiger partial charge in [-0.15, -0.1) is 5.10 Å². The number of H-pyrrole nitrogens is 1. The SMILES string of the molecule is CC[C@@H](c1nnnn1C[C@H]1CCCO1)N(Cc1ccc2c(c1)OCO2)Cc1cc2c(C)ccc(C)c2[nH]c1=O. The number of benzene rings is 2. The fraction of sp³-hybridized carbons (Fsp3) is 0.448. The minimum Gasteiger partial charge on any atom is -0.454 e. The van der Waals surface area contributed by atoms with Gasteiger partial charge in [-0.05, 0) is 78.4 Å². The lowest BCUT2D eigenvalue weighted by molar-refractivity contribution is 0.0888. The van der Waals surface area contributed by atoms with Crippen molar-refractivity contribution in [3.8, 4) is 11.5 Å². The van der Waals surface area contributed by atoms with Crippen LogP contribution in [-0.2, 0) is 24.4 Å². The second kappa shape index (κ2) is 10.8. The largest absolute Gasteiger partial charge is 0.454 e. The van der Waals surface area contributed by atoms with Gasteiger partial charge in [-0.1, -0.05) is 25.1 Å². The van der Waals surface area contributed by atoms with Gasteiger partial charge in [0.05, 0.1) is 24.2 Å². The summed E-state index contributed by atoms with van der Waals surface area (Å²) >= 11 is 0. The molecule has 10 nitrogen and oxygen atoms in total. The summed E-state index contributed by atoms with van der Waals surface area (Å²) < 4.78 is 18.9. The molecular formula is C29H34N6O4. The maximum absolute atomic E-state index is 13.4. The van der Waals surface area contributed by atoms with Gasteiger partial charge < -0.3 is 19.2 Å². The van der Waals surface area contributed by atoms with Crippen LogP contribution in [0.25, 0.3) is 10.9 Å². The molecule has 2 aliphatic rings. The van der Waals surface area contributed by atoms with Crippen LogP contribution in [-0.4, -0.2) is 49.6 Å². The molecule has 1 fully saturated rings. The molecule has 0 spiro atoms. The predicted octanol–water partition coefficient (Wildman–Crippen LogP) is 4.19. The van der Waals surface area contributed by atoms with Gasteiger partial charge in [-0.3, -0.25) is 9.69 Å². The Labute approximate surface area is 226 Å². The molecule has 10 heteroatoms. The predicted molar refractivity (Wildman–Crippen MR) is 146 cm³/mol. The van der Waals surface area contributed by atoms with Gasteiger partial charge in [0.1, 0.15) is 0 Å². The summed E-state index contributed by atoms with van der Waals surface area (Å²) in [7, 11) is 0. The third-order valence-corrected chi connectivity index (χ3v) is 7.80. The summed E-state index contributed by atoms with van der Waals surface area (Å²) in [6.07, 6.45) is 2.93. The topological polar surface area (TPSA) is 107 Å². The molecule has 4 aromatic rings. The highest BCUT2D eigenvalue weighted by molar-refractivity contribution is 5.85. The van der Waals surface area contributed by atoms with Crippen molar-refractivity contribution in [1.29, 1.82) is 0 Å². The van der Waals surface area contributed by atoms with Crippen LogP contribution in [0, 0.1) is 13.8 Å².